The van der Waals surface area contributed by atoms with E-state index in [4.69, 9.17) is 5.11 Å². The van der Waals surface area contributed by atoms with Crippen molar-refractivity contribution < 1.29 is 9.50 Å². The molecule has 1 aliphatic rings. The van der Waals surface area contributed by atoms with Crippen LogP contribution in [0.1, 0.15) is 17.9 Å². The van der Waals surface area contributed by atoms with Gasteiger partial charge in [-0.2, -0.15) is 0 Å². The van der Waals surface area contributed by atoms with Crippen LogP contribution in [0.5, 0.6) is 0 Å². The molecule has 13 heavy (non-hydrogen) atoms. The topological polar surface area (TPSA) is 20.2 Å². The molecule has 1 aliphatic carbocycles. The summed E-state index contributed by atoms with van der Waals surface area (Å²) in [6, 6.07) is 4.70. The van der Waals surface area contributed by atoms with E-state index >= 15 is 0 Å². The maximum absolute atomic E-state index is 12.9. The number of benzene rings is 1. The lowest BCUT2D eigenvalue weighted by molar-refractivity contribution is 0.274. The van der Waals surface area contributed by atoms with Gasteiger partial charge in [0.1, 0.15) is 5.82 Å². The van der Waals surface area contributed by atoms with Crippen LogP contribution in [0.2, 0.25) is 0 Å². The van der Waals surface area contributed by atoms with Gasteiger partial charge in [0.05, 0.1) is 0 Å². The molecule has 3 heteroatoms. The second kappa shape index (κ2) is 3.39. The maximum Gasteiger partial charge on any atom is 0.123 e. The van der Waals surface area contributed by atoms with Crippen LogP contribution in [0.3, 0.4) is 0 Å². The third-order valence-electron chi connectivity index (χ3n) is 2.51. The summed E-state index contributed by atoms with van der Waals surface area (Å²) in [4.78, 5) is 0. The van der Waals surface area contributed by atoms with E-state index in [0.29, 0.717) is 11.8 Å². The van der Waals surface area contributed by atoms with E-state index in [1.807, 2.05) is 0 Å². The molecule has 1 aromatic rings. The van der Waals surface area contributed by atoms with E-state index in [1.54, 1.807) is 12.1 Å². The second-order valence-electron chi connectivity index (χ2n) is 3.45. The fourth-order valence-electron chi connectivity index (χ4n) is 1.63. The minimum atomic E-state index is -0.207. The number of halogens is 2. The van der Waals surface area contributed by atoms with Gasteiger partial charge in [-0.05, 0) is 42.0 Å². The van der Waals surface area contributed by atoms with Crippen molar-refractivity contribution in [1.82, 2.24) is 0 Å². The first-order chi connectivity index (χ1) is 6.22. The molecule has 2 rings (SSSR count). The predicted octanol–water partition coefficient (Wildman–Crippen LogP) is 2.68. The van der Waals surface area contributed by atoms with E-state index in [1.165, 1.54) is 6.07 Å². The van der Waals surface area contributed by atoms with Gasteiger partial charge in [0.15, 0.2) is 0 Å². The number of hydrogen-bond acceptors (Lipinski definition) is 1. The molecule has 0 heterocycles. The van der Waals surface area contributed by atoms with Crippen molar-refractivity contribution in [3.05, 3.63) is 34.1 Å². The normalized spacial score (nSPS) is 26.1. The van der Waals surface area contributed by atoms with Crippen LogP contribution in [0.15, 0.2) is 22.7 Å². The number of hydrogen-bond donors (Lipinski definition) is 1. The molecule has 2 atom stereocenters. The number of aliphatic hydroxyl groups is 1. The van der Waals surface area contributed by atoms with Gasteiger partial charge in [-0.1, -0.05) is 15.9 Å². The van der Waals surface area contributed by atoms with E-state index < -0.39 is 0 Å². The van der Waals surface area contributed by atoms with Crippen LogP contribution in [-0.2, 0) is 0 Å². The van der Waals surface area contributed by atoms with Crippen LogP contribution in [0.4, 0.5) is 4.39 Å². The van der Waals surface area contributed by atoms with Crippen molar-refractivity contribution in [3.8, 4) is 0 Å². The molecule has 0 aliphatic heterocycles. The van der Waals surface area contributed by atoms with Crippen LogP contribution in [-0.4, -0.2) is 11.7 Å². The van der Waals surface area contributed by atoms with E-state index in [-0.39, 0.29) is 12.4 Å². The Labute approximate surface area is 84.7 Å². The average Bonchev–Trinajstić information content (AvgIpc) is 2.88. The molecular weight excluding hydrogens is 235 g/mol. The Balaban J connectivity index is 2.25. The van der Waals surface area contributed by atoms with Crippen molar-refractivity contribution in [2.75, 3.05) is 6.61 Å². The summed E-state index contributed by atoms with van der Waals surface area (Å²) in [6.07, 6.45) is 0.971. The molecule has 0 saturated heterocycles. The molecule has 1 nitrogen and oxygen atoms in total. The minimum absolute atomic E-state index is 0.202. The molecule has 70 valence electrons. The first-order valence-corrected chi connectivity index (χ1v) is 5.07. The summed E-state index contributed by atoms with van der Waals surface area (Å²) in [5, 5.41) is 8.89. The molecule has 2 unspecified atom stereocenters. The Morgan fingerprint density at radius 1 is 1.54 bits per heavy atom. The first kappa shape index (κ1) is 9.16. The number of rotatable bonds is 2. The standard InChI is InChI=1S/C10H10BrFO/c11-10-2-1-7(12)4-9(10)8-3-6(8)5-13/h1-2,4,6,8,13H,3,5H2. The fraction of sp³-hybridized carbons (Fsp3) is 0.400. The van der Waals surface area contributed by atoms with Gasteiger partial charge < -0.3 is 5.11 Å². The van der Waals surface area contributed by atoms with Crippen molar-refractivity contribution in [2.45, 2.75) is 12.3 Å². The zero-order chi connectivity index (χ0) is 9.42. The highest BCUT2D eigenvalue weighted by Crippen LogP contribution is 2.49. The monoisotopic (exact) mass is 244 g/mol. The molecule has 1 fully saturated rings. The molecule has 0 amide bonds. The van der Waals surface area contributed by atoms with Crippen LogP contribution in [0, 0.1) is 11.7 Å². The Kier molecular flexibility index (Phi) is 2.39. The van der Waals surface area contributed by atoms with Gasteiger partial charge in [0.25, 0.3) is 0 Å². The molecule has 0 spiro atoms. The largest absolute Gasteiger partial charge is 0.396 e. The zero-order valence-corrected chi connectivity index (χ0v) is 8.59. The highest BCUT2D eigenvalue weighted by Gasteiger charge is 2.38. The second-order valence-corrected chi connectivity index (χ2v) is 4.31. The molecule has 1 saturated carbocycles. The van der Waals surface area contributed by atoms with Crippen molar-refractivity contribution in [1.29, 1.82) is 0 Å². The zero-order valence-electron chi connectivity index (χ0n) is 7.00. The Morgan fingerprint density at radius 2 is 2.31 bits per heavy atom. The number of aliphatic hydroxyl groups excluding tert-OH is 1. The summed E-state index contributed by atoms with van der Waals surface area (Å²) >= 11 is 3.38. The van der Waals surface area contributed by atoms with Crippen LogP contribution < -0.4 is 0 Å². The SMILES string of the molecule is OCC1CC1c1cc(F)ccc1Br. The van der Waals surface area contributed by atoms with E-state index in [2.05, 4.69) is 15.9 Å². The Morgan fingerprint density at radius 3 is 2.92 bits per heavy atom. The highest BCUT2D eigenvalue weighted by atomic mass is 79.9. The minimum Gasteiger partial charge on any atom is -0.396 e. The summed E-state index contributed by atoms with van der Waals surface area (Å²) in [5.41, 5.74) is 0.985. The van der Waals surface area contributed by atoms with Gasteiger partial charge in [0, 0.05) is 11.1 Å². The molecule has 1 aromatic carbocycles. The summed E-state index contributed by atoms with van der Waals surface area (Å²) in [5.74, 6) is 0.468. The molecular formula is C10H10BrFO. The first-order valence-electron chi connectivity index (χ1n) is 4.28. The highest BCUT2D eigenvalue weighted by molar-refractivity contribution is 9.10. The molecule has 0 bridgehead atoms. The maximum atomic E-state index is 12.9. The van der Waals surface area contributed by atoms with E-state index in [9.17, 15) is 4.39 Å². The van der Waals surface area contributed by atoms with Crippen molar-refractivity contribution in [2.24, 2.45) is 5.92 Å². The van der Waals surface area contributed by atoms with Gasteiger partial charge in [0.2, 0.25) is 0 Å². The lowest BCUT2D eigenvalue weighted by Gasteiger charge is -2.02. The Bertz CT molecular complexity index is 327. The van der Waals surface area contributed by atoms with E-state index in [0.717, 1.165) is 16.5 Å². The lowest BCUT2D eigenvalue weighted by atomic mass is 10.1. The average molecular weight is 245 g/mol. The van der Waals surface area contributed by atoms with Crippen molar-refractivity contribution in [3.63, 3.8) is 0 Å². The summed E-state index contributed by atoms with van der Waals surface area (Å²) < 4.78 is 13.8. The molecule has 0 radical (unpaired) electrons. The van der Waals surface area contributed by atoms with Crippen molar-refractivity contribution >= 4 is 15.9 Å². The predicted molar refractivity (Wildman–Crippen MR) is 52.0 cm³/mol. The molecule has 1 N–H and O–H groups in total. The summed E-state index contributed by atoms with van der Waals surface area (Å²) in [6.45, 7) is 0.202. The lowest BCUT2D eigenvalue weighted by Crippen LogP contribution is -1.90. The third kappa shape index (κ3) is 1.76. The third-order valence-corrected chi connectivity index (χ3v) is 3.24. The van der Waals surface area contributed by atoms with Crippen LogP contribution in [0.25, 0.3) is 0 Å². The van der Waals surface area contributed by atoms with Gasteiger partial charge in [-0.25, -0.2) is 4.39 Å². The quantitative estimate of drug-likeness (QED) is 0.849. The summed E-state index contributed by atoms with van der Waals surface area (Å²) in [7, 11) is 0. The van der Waals surface area contributed by atoms with Gasteiger partial charge in [-0.15, -0.1) is 0 Å². The fourth-order valence-corrected chi connectivity index (χ4v) is 2.17. The Hall–Kier alpha value is -0.410. The van der Waals surface area contributed by atoms with Gasteiger partial charge >= 0.3 is 0 Å². The van der Waals surface area contributed by atoms with Crippen LogP contribution >= 0.6 is 15.9 Å². The molecule has 0 aromatic heterocycles. The smallest absolute Gasteiger partial charge is 0.123 e. The van der Waals surface area contributed by atoms with Gasteiger partial charge in [-0.3, -0.25) is 0 Å².